The molecule has 4 fully saturated rings. The molecule has 2 aromatic rings. The molecule has 1 aromatic heterocycles. The molecular formula is C21H20ClF4N3O3. The van der Waals surface area contributed by atoms with E-state index in [1.807, 2.05) is 10.8 Å². The van der Waals surface area contributed by atoms with Gasteiger partial charge >= 0.3 is 6.36 Å². The van der Waals surface area contributed by atoms with Crippen LogP contribution in [0, 0.1) is 5.82 Å². The number of carbonyl (C=O) groups is 1. The van der Waals surface area contributed by atoms with Gasteiger partial charge in [-0.2, -0.15) is 0 Å². The van der Waals surface area contributed by atoms with Crippen molar-refractivity contribution in [1.29, 1.82) is 0 Å². The highest BCUT2D eigenvalue weighted by Gasteiger charge is 2.69. The van der Waals surface area contributed by atoms with Crippen molar-refractivity contribution in [2.24, 2.45) is 0 Å². The lowest BCUT2D eigenvalue weighted by Gasteiger charge is -2.70. The summed E-state index contributed by atoms with van der Waals surface area (Å²) in [6.07, 6.45) is 1.08. The highest BCUT2D eigenvalue weighted by molar-refractivity contribution is 6.30. The van der Waals surface area contributed by atoms with Gasteiger partial charge in [-0.15, -0.1) is 13.2 Å². The first-order valence-corrected chi connectivity index (χ1v) is 10.6. The Bertz CT molecular complexity index is 1030. The molecule has 1 amide bonds. The Kier molecular flexibility index (Phi) is 4.94. The molecule has 4 aliphatic carbocycles. The summed E-state index contributed by atoms with van der Waals surface area (Å²) in [6, 6.07) is 3.98. The monoisotopic (exact) mass is 473 g/mol. The highest BCUT2D eigenvalue weighted by Crippen LogP contribution is 2.65. The molecule has 32 heavy (non-hydrogen) atoms. The summed E-state index contributed by atoms with van der Waals surface area (Å²) in [7, 11) is 0. The lowest BCUT2D eigenvalue weighted by molar-refractivity contribution is -0.351. The lowest BCUT2D eigenvalue weighted by atomic mass is 9.44. The van der Waals surface area contributed by atoms with E-state index in [-0.39, 0.29) is 40.3 Å². The molecule has 0 radical (unpaired) electrons. The number of amides is 1. The second-order valence-electron chi connectivity index (χ2n) is 9.01. The zero-order chi connectivity index (χ0) is 22.7. The summed E-state index contributed by atoms with van der Waals surface area (Å²) in [5, 5.41) is 2.97. The van der Waals surface area contributed by atoms with Gasteiger partial charge in [-0.3, -0.25) is 9.53 Å². The predicted molar refractivity (Wildman–Crippen MR) is 105 cm³/mol. The highest BCUT2D eigenvalue weighted by atomic mass is 35.5. The largest absolute Gasteiger partial charge is 0.522 e. The van der Waals surface area contributed by atoms with Gasteiger partial charge in [0.2, 0.25) is 0 Å². The van der Waals surface area contributed by atoms with Crippen LogP contribution in [-0.2, 0) is 15.1 Å². The maximum Gasteiger partial charge on any atom is 0.522 e. The van der Waals surface area contributed by atoms with Crippen LogP contribution in [0.3, 0.4) is 0 Å². The topological polar surface area (TPSA) is 65.4 Å². The number of aromatic nitrogens is 2. The van der Waals surface area contributed by atoms with Crippen molar-refractivity contribution in [1.82, 2.24) is 14.9 Å². The quantitative estimate of drug-likeness (QED) is 0.609. The minimum atomic E-state index is -4.60. The number of carbonyl (C=O) groups excluding carboxylic acids is 1. The van der Waals surface area contributed by atoms with Gasteiger partial charge in [0, 0.05) is 23.7 Å². The standard InChI is InChI=1S/C21H20ClF4N3O3/c22-15-2-1-13(5-16(15)23)31-7-18(30)28-19-8-20(9-19,10-19)29-6-17(27-11-29)12-3-14(4-12)32-21(24,25)26/h1-2,5-6,11-12,14H,3-4,7-10H2,(H,28,30)/t12-,14+,19?,20?. The molecule has 0 saturated heterocycles. The molecule has 11 heteroatoms. The average Bonchev–Trinajstić information content (AvgIpc) is 3.09. The Labute approximate surface area is 185 Å². The Morgan fingerprint density at radius 3 is 2.66 bits per heavy atom. The van der Waals surface area contributed by atoms with E-state index in [9.17, 15) is 22.4 Å². The van der Waals surface area contributed by atoms with Crippen molar-refractivity contribution >= 4 is 17.5 Å². The Balaban J connectivity index is 1.08. The number of imidazole rings is 1. The van der Waals surface area contributed by atoms with E-state index in [2.05, 4.69) is 15.0 Å². The minimum Gasteiger partial charge on any atom is -0.484 e. The molecule has 6 nitrogen and oxygen atoms in total. The SMILES string of the molecule is O=C(COc1ccc(Cl)c(F)c1)NC12CC(n3cnc([C@H]4C[C@@H](OC(F)(F)F)C4)c3)(C1)C2. The second kappa shape index (κ2) is 7.34. The van der Waals surface area contributed by atoms with Crippen molar-refractivity contribution in [3.63, 3.8) is 0 Å². The molecule has 1 heterocycles. The molecule has 0 unspecified atom stereocenters. The van der Waals surface area contributed by atoms with Crippen molar-refractivity contribution in [2.45, 2.75) is 61.6 Å². The molecule has 0 spiro atoms. The first-order valence-electron chi connectivity index (χ1n) is 10.2. The molecule has 6 rings (SSSR count). The Morgan fingerprint density at radius 2 is 2.00 bits per heavy atom. The minimum absolute atomic E-state index is 0.0182. The maximum atomic E-state index is 13.4. The first-order chi connectivity index (χ1) is 15.0. The van der Waals surface area contributed by atoms with E-state index in [0.717, 1.165) is 31.0 Å². The molecule has 4 saturated carbocycles. The van der Waals surface area contributed by atoms with Crippen molar-refractivity contribution in [3.05, 3.63) is 47.3 Å². The van der Waals surface area contributed by atoms with Gasteiger partial charge < -0.3 is 14.6 Å². The van der Waals surface area contributed by atoms with Gasteiger partial charge in [-0.25, -0.2) is 9.37 Å². The number of hydrogen-bond donors (Lipinski definition) is 1. The van der Waals surface area contributed by atoms with Crippen LogP contribution in [0.1, 0.15) is 43.7 Å². The van der Waals surface area contributed by atoms with Crippen LogP contribution in [0.4, 0.5) is 17.6 Å². The third kappa shape index (κ3) is 3.94. The number of hydrogen-bond acceptors (Lipinski definition) is 4. The molecule has 1 N–H and O–H groups in total. The van der Waals surface area contributed by atoms with Crippen LogP contribution in [0.5, 0.6) is 5.75 Å². The summed E-state index contributed by atoms with van der Waals surface area (Å²) in [5.74, 6) is -0.707. The summed E-state index contributed by atoms with van der Waals surface area (Å²) in [4.78, 5) is 16.6. The molecule has 1 aromatic carbocycles. The van der Waals surface area contributed by atoms with Crippen LogP contribution in [0.15, 0.2) is 30.7 Å². The molecule has 0 atom stereocenters. The number of benzene rings is 1. The molecule has 4 aliphatic rings. The normalized spacial score (nSPS) is 30.7. The van der Waals surface area contributed by atoms with Gasteiger partial charge in [0.05, 0.1) is 28.7 Å². The van der Waals surface area contributed by atoms with Gasteiger partial charge in [-0.1, -0.05) is 11.6 Å². The molecule has 0 aliphatic heterocycles. The van der Waals surface area contributed by atoms with Crippen LogP contribution in [-0.4, -0.2) is 40.1 Å². The van der Waals surface area contributed by atoms with Crippen LogP contribution < -0.4 is 10.1 Å². The first kappa shape index (κ1) is 21.5. The molecule has 2 bridgehead atoms. The number of nitrogens with one attached hydrogen (secondary N) is 1. The third-order valence-electron chi connectivity index (χ3n) is 6.63. The fraction of sp³-hybridized carbons (Fsp3) is 0.524. The number of halogens is 5. The number of ether oxygens (including phenoxy) is 2. The van der Waals surface area contributed by atoms with Crippen molar-refractivity contribution in [2.75, 3.05) is 6.61 Å². The molecular weight excluding hydrogens is 454 g/mol. The van der Waals surface area contributed by atoms with E-state index in [1.165, 1.54) is 12.1 Å². The summed E-state index contributed by atoms with van der Waals surface area (Å²) < 4.78 is 61.6. The van der Waals surface area contributed by atoms with Gasteiger partial charge in [-0.05, 0) is 44.2 Å². The van der Waals surface area contributed by atoms with Gasteiger partial charge in [0.25, 0.3) is 5.91 Å². The van der Waals surface area contributed by atoms with Crippen LogP contribution in [0.25, 0.3) is 0 Å². The van der Waals surface area contributed by atoms with E-state index >= 15 is 0 Å². The zero-order valence-electron chi connectivity index (χ0n) is 16.8. The fourth-order valence-electron chi connectivity index (χ4n) is 5.09. The average molecular weight is 474 g/mol. The van der Waals surface area contributed by atoms with E-state index < -0.39 is 18.3 Å². The Morgan fingerprint density at radius 1 is 1.28 bits per heavy atom. The summed E-state index contributed by atoms with van der Waals surface area (Å²) >= 11 is 5.62. The summed E-state index contributed by atoms with van der Waals surface area (Å²) in [5.41, 5.74) is 0.390. The van der Waals surface area contributed by atoms with Crippen molar-refractivity contribution < 1.29 is 31.8 Å². The van der Waals surface area contributed by atoms with Crippen LogP contribution >= 0.6 is 11.6 Å². The smallest absolute Gasteiger partial charge is 0.484 e. The summed E-state index contributed by atoms with van der Waals surface area (Å²) in [6.45, 7) is -0.228. The second-order valence-corrected chi connectivity index (χ2v) is 9.41. The van der Waals surface area contributed by atoms with E-state index in [4.69, 9.17) is 16.3 Å². The zero-order valence-corrected chi connectivity index (χ0v) is 17.5. The number of alkyl halides is 3. The Hall–Kier alpha value is -2.33. The fourth-order valence-corrected chi connectivity index (χ4v) is 5.21. The lowest BCUT2D eigenvalue weighted by Crippen LogP contribution is -2.78. The van der Waals surface area contributed by atoms with Gasteiger partial charge in [0.15, 0.2) is 6.61 Å². The van der Waals surface area contributed by atoms with Crippen LogP contribution in [0.2, 0.25) is 5.02 Å². The van der Waals surface area contributed by atoms with Gasteiger partial charge in [0.1, 0.15) is 11.6 Å². The predicted octanol–water partition coefficient (Wildman–Crippen LogP) is 4.28. The molecule has 172 valence electrons. The third-order valence-corrected chi connectivity index (χ3v) is 6.94. The maximum absolute atomic E-state index is 13.4. The van der Waals surface area contributed by atoms with E-state index in [0.29, 0.717) is 12.8 Å². The number of nitrogens with zero attached hydrogens (tertiary/aromatic N) is 2. The number of rotatable bonds is 7. The van der Waals surface area contributed by atoms with E-state index in [1.54, 1.807) is 6.33 Å². The van der Waals surface area contributed by atoms with Crippen molar-refractivity contribution in [3.8, 4) is 5.75 Å².